The van der Waals surface area contributed by atoms with Crippen LogP contribution in [0.15, 0.2) is 47.1 Å². The van der Waals surface area contributed by atoms with Crippen LogP contribution in [0.2, 0.25) is 0 Å². The first kappa shape index (κ1) is 21.3. The minimum absolute atomic E-state index is 0.138. The summed E-state index contributed by atoms with van der Waals surface area (Å²) in [5, 5.41) is 4.19. The summed E-state index contributed by atoms with van der Waals surface area (Å²) in [7, 11) is 5.74. The topological polar surface area (TPSA) is 76.8 Å². The van der Waals surface area contributed by atoms with E-state index in [1.54, 1.807) is 19.4 Å². The van der Waals surface area contributed by atoms with E-state index in [4.69, 9.17) is 14.0 Å². The Morgan fingerprint density at radius 3 is 2.68 bits per heavy atom. The van der Waals surface area contributed by atoms with Crippen molar-refractivity contribution in [3.8, 4) is 17.3 Å². The second-order valence-electron chi connectivity index (χ2n) is 7.87. The van der Waals surface area contributed by atoms with Gasteiger partial charge < -0.3 is 18.9 Å². The molecule has 3 aromatic rings. The summed E-state index contributed by atoms with van der Waals surface area (Å²) in [6, 6.07) is 12.5. The van der Waals surface area contributed by atoms with Gasteiger partial charge in [0.2, 0.25) is 17.6 Å². The number of aromatic nitrogens is 3. The van der Waals surface area contributed by atoms with Gasteiger partial charge in [-0.2, -0.15) is 4.98 Å². The van der Waals surface area contributed by atoms with Gasteiger partial charge in [-0.3, -0.25) is 4.90 Å². The fourth-order valence-corrected chi connectivity index (χ4v) is 3.74. The van der Waals surface area contributed by atoms with Crippen LogP contribution in [0.25, 0.3) is 11.4 Å². The van der Waals surface area contributed by atoms with Gasteiger partial charge in [0.05, 0.1) is 12.6 Å². The average molecular weight is 424 g/mol. The lowest BCUT2D eigenvalue weighted by molar-refractivity contribution is 0.144. The van der Waals surface area contributed by atoms with Crippen LogP contribution < -0.4 is 9.64 Å². The van der Waals surface area contributed by atoms with Crippen molar-refractivity contribution in [1.29, 1.82) is 0 Å². The molecule has 3 heterocycles. The van der Waals surface area contributed by atoms with Gasteiger partial charge in [0, 0.05) is 51.3 Å². The van der Waals surface area contributed by atoms with Gasteiger partial charge >= 0.3 is 0 Å². The zero-order valence-corrected chi connectivity index (χ0v) is 18.3. The van der Waals surface area contributed by atoms with Crippen molar-refractivity contribution in [2.45, 2.75) is 25.4 Å². The van der Waals surface area contributed by atoms with Crippen LogP contribution >= 0.6 is 0 Å². The average Bonchev–Trinajstić information content (AvgIpc) is 3.44. The molecule has 1 atom stereocenters. The molecule has 1 saturated heterocycles. The number of rotatable bonds is 9. The van der Waals surface area contributed by atoms with E-state index in [2.05, 4.69) is 63.3 Å². The maximum Gasteiger partial charge on any atom is 0.244 e. The van der Waals surface area contributed by atoms with Crippen molar-refractivity contribution in [2.24, 2.45) is 0 Å². The largest absolute Gasteiger partial charge is 0.475 e. The van der Waals surface area contributed by atoms with E-state index in [1.807, 2.05) is 6.07 Å². The van der Waals surface area contributed by atoms with E-state index >= 15 is 0 Å². The maximum absolute atomic E-state index is 5.65. The van der Waals surface area contributed by atoms with Gasteiger partial charge in [-0.05, 0) is 43.1 Å². The third kappa shape index (κ3) is 5.21. The molecule has 4 rings (SSSR count). The minimum atomic E-state index is 0.138. The standard InChI is InChI=1S/C23H29N5O3/c1-27(2)19-9-6-17(7-10-19)16-28-12-4-5-20(28)23-25-22(26-31-23)18-8-11-21(24-15-18)30-14-13-29-3/h6-11,15,20H,4-5,12-14,16H2,1-3H3/t20-/m0/s1. The molecule has 1 aliphatic rings. The molecule has 0 spiro atoms. The van der Waals surface area contributed by atoms with Crippen LogP contribution in [0.5, 0.6) is 5.88 Å². The Labute approximate surface area is 182 Å². The maximum atomic E-state index is 5.65. The second kappa shape index (κ2) is 9.89. The van der Waals surface area contributed by atoms with Gasteiger partial charge in [-0.25, -0.2) is 4.98 Å². The van der Waals surface area contributed by atoms with Gasteiger partial charge in [0.25, 0.3) is 0 Å². The lowest BCUT2D eigenvalue weighted by Gasteiger charge is -2.22. The predicted octanol–water partition coefficient (Wildman–Crippen LogP) is 3.56. The first-order valence-electron chi connectivity index (χ1n) is 10.6. The number of hydrogen-bond acceptors (Lipinski definition) is 8. The number of ether oxygens (including phenoxy) is 2. The van der Waals surface area contributed by atoms with E-state index in [1.165, 1.54) is 11.3 Å². The first-order valence-corrected chi connectivity index (χ1v) is 10.6. The van der Waals surface area contributed by atoms with E-state index in [9.17, 15) is 0 Å². The normalized spacial score (nSPS) is 16.5. The molecule has 1 aliphatic heterocycles. The Balaban J connectivity index is 1.41. The molecule has 1 aromatic carbocycles. The number of benzene rings is 1. The SMILES string of the molecule is COCCOc1ccc(-c2noc([C@@H]3CCCN3Cc3ccc(N(C)C)cc3)n2)cn1. The van der Waals surface area contributed by atoms with Crippen LogP contribution in [0.3, 0.4) is 0 Å². The summed E-state index contributed by atoms with van der Waals surface area (Å²) in [5.74, 6) is 1.76. The van der Waals surface area contributed by atoms with Crippen LogP contribution in [0.4, 0.5) is 5.69 Å². The van der Waals surface area contributed by atoms with Crippen LogP contribution in [-0.4, -0.2) is 61.0 Å². The molecular weight excluding hydrogens is 394 g/mol. The summed E-state index contributed by atoms with van der Waals surface area (Å²) in [6.45, 7) is 2.87. The van der Waals surface area contributed by atoms with E-state index < -0.39 is 0 Å². The predicted molar refractivity (Wildman–Crippen MR) is 118 cm³/mol. The third-order valence-electron chi connectivity index (χ3n) is 5.46. The van der Waals surface area contributed by atoms with Gasteiger partial charge in [0.1, 0.15) is 6.61 Å². The molecule has 0 N–H and O–H groups in total. The number of anilines is 1. The summed E-state index contributed by atoms with van der Waals surface area (Å²) < 4.78 is 16.1. The fraction of sp³-hybridized carbons (Fsp3) is 0.435. The highest BCUT2D eigenvalue weighted by Crippen LogP contribution is 2.33. The highest BCUT2D eigenvalue weighted by atomic mass is 16.5. The Morgan fingerprint density at radius 2 is 1.97 bits per heavy atom. The zero-order chi connectivity index (χ0) is 21.6. The highest BCUT2D eigenvalue weighted by Gasteiger charge is 2.30. The quantitative estimate of drug-likeness (QED) is 0.484. The Morgan fingerprint density at radius 1 is 1.13 bits per heavy atom. The smallest absolute Gasteiger partial charge is 0.244 e. The van der Waals surface area contributed by atoms with Gasteiger partial charge in [-0.15, -0.1) is 0 Å². The molecule has 8 nitrogen and oxygen atoms in total. The molecule has 8 heteroatoms. The van der Waals surface area contributed by atoms with Crippen molar-refractivity contribution < 1.29 is 14.0 Å². The van der Waals surface area contributed by atoms with Crippen LogP contribution in [-0.2, 0) is 11.3 Å². The summed E-state index contributed by atoms with van der Waals surface area (Å²) in [4.78, 5) is 13.5. The Hall–Kier alpha value is -2.97. The minimum Gasteiger partial charge on any atom is -0.475 e. The summed E-state index contributed by atoms with van der Waals surface area (Å²) in [5.41, 5.74) is 3.29. The molecule has 0 aliphatic carbocycles. The van der Waals surface area contributed by atoms with E-state index in [0.717, 1.165) is 31.5 Å². The molecule has 164 valence electrons. The number of hydrogen-bond donors (Lipinski definition) is 0. The van der Waals surface area contributed by atoms with Crippen molar-refractivity contribution in [3.05, 3.63) is 54.0 Å². The molecule has 0 amide bonds. The Bertz CT molecular complexity index is 956. The first-order chi connectivity index (χ1) is 15.1. The lowest BCUT2D eigenvalue weighted by atomic mass is 10.1. The molecular formula is C23H29N5O3. The third-order valence-corrected chi connectivity index (χ3v) is 5.46. The zero-order valence-electron chi connectivity index (χ0n) is 18.3. The molecule has 0 bridgehead atoms. The van der Waals surface area contributed by atoms with Crippen LogP contribution in [0, 0.1) is 0 Å². The highest BCUT2D eigenvalue weighted by molar-refractivity contribution is 5.53. The van der Waals surface area contributed by atoms with E-state index in [0.29, 0.717) is 30.8 Å². The van der Waals surface area contributed by atoms with Crippen molar-refractivity contribution in [2.75, 3.05) is 45.9 Å². The number of nitrogens with zero attached hydrogens (tertiary/aromatic N) is 5. The van der Waals surface area contributed by atoms with Crippen LogP contribution in [0.1, 0.15) is 30.3 Å². The number of pyridine rings is 1. The summed E-state index contributed by atoms with van der Waals surface area (Å²) in [6.07, 6.45) is 3.84. The number of likely N-dealkylation sites (tertiary alicyclic amines) is 1. The molecule has 1 fully saturated rings. The second-order valence-corrected chi connectivity index (χ2v) is 7.87. The lowest BCUT2D eigenvalue weighted by Crippen LogP contribution is -2.23. The molecule has 0 saturated carbocycles. The van der Waals surface area contributed by atoms with Gasteiger partial charge in [0.15, 0.2) is 0 Å². The number of methoxy groups -OCH3 is 1. The fourth-order valence-electron chi connectivity index (χ4n) is 3.74. The Kier molecular flexibility index (Phi) is 6.79. The van der Waals surface area contributed by atoms with Gasteiger partial charge in [-0.1, -0.05) is 17.3 Å². The molecule has 31 heavy (non-hydrogen) atoms. The van der Waals surface area contributed by atoms with E-state index in [-0.39, 0.29) is 6.04 Å². The van der Waals surface area contributed by atoms with Crippen molar-refractivity contribution >= 4 is 5.69 Å². The van der Waals surface area contributed by atoms with Crippen molar-refractivity contribution in [3.63, 3.8) is 0 Å². The summed E-state index contributed by atoms with van der Waals surface area (Å²) >= 11 is 0. The monoisotopic (exact) mass is 423 g/mol. The molecule has 0 radical (unpaired) electrons. The molecule has 0 unspecified atom stereocenters. The molecule has 2 aromatic heterocycles. The van der Waals surface area contributed by atoms with Crippen molar-refractivity contribution in [1.82, 2.24) is 20.0 Å².